The maximum absolute atomic E-state index is 13.3. The normalized spacial score (nSPS) is 15.7. The van der Waals surface area contributed by atoms with Crippen LogP contribution in [-0.4, -0.2) is 5.91 Å². The number of halogens is 2. The Labute approximate surface area is 125 Å². The van der Waals surface area contributed by atoms with Crippen LogP contribution in [0.15, 0.2) is 53.0 Å². The molecule has 2 aromatic rings. The average Bonchev–Trinajstić information content (AvgIpc) is 3.25. The van der Waals surface area contributed by atoms with Crippen LogP contribution in [0.5, 0.6) is 0 Å². The van der Waals surface area contributed by atoms with E-state index < -0.39 is 5.41 Å². The number of benzene rings is 2. The van der Waals surface area contributed by atoms with Gasteiger partial charge in [0, 0.05) is 4.47 Å². The summed E-state index contributed by atoms with van der Waals surface area (Å²) in [4.78, 5) is 12.5. The van der Waals surface area contributed by atoms with E-state index in [4.69, 9.17) is 0 Å². The lowest BCUT2D eigenvalue weighted by Gasteiger charge is -2.16. The average molecular weight is 334 g/mol. The van der Waals surface area contributed by atoms with Gasteiger partial charge in [0.15, 0.2) is 0 Å². The van der Waals surface area contributed by atoms with E-state index in [1.165, 1.54) is 12.1 Å². The zero-order chi connectivity index (χ0) is 14.2. The minimum Gasteiger partial charge on any atom is -0.324 e. The standard InChI is InChI=1S/C16H13BrFNO/c17-13-7-6-12(18)10-14(13)19-15(20)16(8-9-16)11-4-2-1-3-5-11/h1-7,10H,8-9H2,(H,19,20). The zero-order valence-corrected chi connectivity index (χ0v) is 12.3. The molecule has 1 aliphatic rings. The van der Waals surface area contributed by atoms with Crippen molar-refractivity contribution in [1.29, 1.82) is 0 Å². The number of rotatable bonds is 3. The van der Waals surface area contributed by atoms with Crippen molar-refractivity contribution in [2.75, 3.05) is 5.32 Å². The van der Waals surface area contributed by atoms with Crippen LogP contribution in [0.4, 0.5) is 10.1 Å². The highest BCUT2D eigenvalue weighted by Crippen LogP contribution is 2.49. The van der Waals surface area contributed by atoms with Crippen LogP contribution in [0, 0.1) is 5.82 Å². The quantitative estimate of drug-likeness (QED) is 0.893. The van der Waals surface area contributed by atoms with E-state index >= 15 is 0 Å². The molecule has 102 valence electrons. The van der Waals surface area contributed by atoms with Gasteiger partial charge in [0.2, 0.25) is 5.91 Å². The van der Waals surface area contributed by atoms with Crippen molar-refractivity contribution >= 4 is 27.5 Å². The molecule has 0 aromatic heterocycles. The second kappa shape index (κ2) is 5.02. The van der Waals surface area contributed by atoms with E-state index in [9.17, 15) is 9.18 Å². The van der Waals surface area contributed by atoms with Gasteiger partial charge in [0.05, 0.1) is 11.1 Å². The van der Waals surface area contributed by atoms with Crippen molar-refractivity contribution in [3.8, 4) is 0 Å². The van der Waals surface area contributed by atoms with Gasteiger partial charge >= 0.3 is 0 Å². The van der Waals surface area contributed by atoms with Crippen molar-refractivity contribution < 1.29 is 9.18 Å². The molecule has 1 saturated carbocycles. The Bertz CT molecular complexity index is 653. The third-order valence-electron chi connectivity index (χ3n) is 3.69. The fourth-order valence-electron chi connectivity index (χ4n) is 2.36. The number of amides is 1. The monoisotopic (exact) mass is 333 g/mol. The first-order chi connectivity index (χ1) is 9.62. The SMILES string of the molecule is O=C(Nc1cc(F)ccc1Br)C1(c2ccccc2)CC1. The van der Waals surface area contributed by atoms with Crippen molar-refractivity contribution in [3.63, 3.8) is 0 Å². The summed E-state index contributed by atoms with van der Waals surface area (Å²) in [6.45, 7) is 0. The lowest BCUT2D eigenvalue weighted by Crippen LogP contribution is -2.27. The van der Waals surface area contributed by atoms with Gasteiger partial charge in [-0.25, -0.2) is 4.39 Å². The molecule has 0 unspecified atom stereocenters. The van der Waals surface area contributed by atoms with Crippen LogP contribution in [0.3, 0.4) is 0 Å². The molecular weight excluding hydrogens is 321 g/mol. The Kier molecular flexibility index (Phi) is 3.34. The minimum atomic E-state index is -0.451. The van der Waals surface area contributed by atoms with Crippen molar-refractivity contribution in [2.45, 2.75) is 18.3 Å². The number of anilines is 1. The minimum absolute atomic E-state index is 0.0741. The maximum Gasteiger partial charge on any atom is 0.235 e. The number of nitrogens with one attached hydrogen (secondary N) is 1. The largest absolute Gasteiger partial charge is 0.324 e. The molecule has 0 aliphatic heterocycles. The van der Waals surface area contributed by atoms with E-state index in [-0.39, 0.29) is 11.7 Å². The summed E-state index contributed by atoms with van der Waals surface area (Å²) in [7, 11) is 0. The van der Waals surface area contributed by atoms with Crippen molar-refractivity contribution in [3.05, 3.63) is 64.4 Å². The van der Waals surface area contributed by atoms with Crippen LogP contribution in [0.25, 0.3) is 0 Å². The van der Waals surface area contributed by atoms with Gasteiger partial charge in [-0.3, -0.25) is 4.79 Å². The Hall–Kier alpha value is -1.68. The van der Waals surface area contributed by atoms with Gasteiger partial charge in [0.1, 0.15) is 5.82 Å². The Morgan fingerprint density at radius 1 is 1.15 bits per heavy atom. The fourth-order valence-corrected chi connectivity index (χ4v) is 2.71. The Morgan fingerprint density at radius 3 is 2.50 bits per heavy atom. The van der Waals surface area contributed by atoms with Gasteiger partial charge < -0.3 is 5.32 Å². The Morgan fingerprint density at radius 2 is 1.85 bits per heavy atom. The lowest BCUT2D eigenvalue weighted by molar-refractivity contribution is -0.118. The molecule has 0 bridgehead atoms. The predicted molar refractivity (Wildman–Crippen MR) is 80.1 cm³/mol. The first kappa shape index (κ1) is 13.3. The molecule has 0 saturated heterocycles. The molecule has 20 heavy (non-hydrogen) atoms. The van der Waals surface area contributed by atoms with Crippen LogP contribution in [0.1, 0.15) is 18.4 Å². The third-order valence-corrected chi connectivity index (χ3v) is 4.38. The number of carbonyl (C=O) groups excluding carboxylic acids is 1. The van der Waals surface area contributed by atoms with E-state index in [0.29, 0.717) is 10.2 Å². The van der Waals surface area contributed by atoms with Gasteiger partial charge in [-0.1, -0.05) is 30.3 Å². The van der Waals surface area contributed by atoms with Gasteiger partial charge in [-0.05, 0) is 52.5 Å². The van der Waals surface area contributed by atoms with Crippen molar-refractivity contribution in [2.24, 2.45) is 0 Å². The summed E-state index contributed by atoms with van der Waals surface area (Å²) in [5.41, 5.74) is 1.04. The molecule has 2 aromatic carbocycles. The maximum atomic E-state index is 13.3. The highest BCUT2D eigenvalue weighted by atomic mass is 79.9. The second-order valence-corrected chi connectivity index (χ2v) is 5.88. The molecule has 0 heterocycles. The molecule has 0 radical (unpaired) electrons. The Balaban J connectivity index is 1.85. The van der Waals surface area contributed by atoms with Crippen molar-refractivity contribution in [1.82, 2.24) is 0 Å². The predicted octanol–water partition coefficient (Wildman–Crippen LogP) is 4.26. The first-order valence-corrected chi connectivity index (χ1v) is 7.23. The van der Waals surface area contributed by atoms with Gasteiger partial charge in [-0.2, -0.15) is 0 Å². The molecule has 3 rings (SSSR count). The van der Waals surface area contributed by atoms with Crippen LogP contribution >= 0.6 is 15.9 Å². The van der Waals surface area contributed by atoms with E-state index in [2.05, 4.69) is 21.2 Å². The van der Waals surface area contributed by atoms with Gasteiger partial charge in [-0.15, -0.1) is 0 Å². The molecular formula is C16H13BrFNO. The zero-order valence-electron chi connectivity index (χ0n) is 10.7. The number of hydrogen-bond acceptors (Lipinski definition) is 1. The first-order valence-electron chi connectivity index (χ1n) is 6.44. The molecule has 1 amide bonds. The van der Waals surface area contributed by atoms with Gasteiger partial charge in [0.25, 0.3) is 0 Å². The summed E-state index contributed by atoms with van der Waals surface area (Å²) in [5.74, 6) is -0.442. The second-order valence-electron chi connectivity index (χ2n) is 5.03. The molecule has 1 N–H and O–H groups in total. The lowest BCUT2D eigenvalue weighted by atomic mass is 9.95. The van der Waals surface area contributed by atoms with Crippen LogP contribution in [0.2, 0.25) is 0 Å². The van der Waals surface area contributed by atoms with E-state index in [0.717, 1.165) is 18.4 Å². The van der Waals surface area contributed by atoms with Crippen LogP contribution < -0.4 is 5.32 Å². The molecule has 0 spiro atoms. The highest BCUT2D eigenvalue weighted by molar-refractivity contribution is 9.10. The van der Waals surface area contributed by atoms with Crippen LogP contribution in [-0.2, 0) is 10.2 Å². The topological polar surface area (TPSA) is 29.1 Å². The highest BCUT2D eigenvalue weighted by Gasteiger charge is 2.51. The summed E-state index contributed by atoms with van der Waals surface area (Å²) in [5, 5.41) is 2.83. The molecule has 0 atom stereocenters. The summed E-state index contributed by atoms with van der Waals surface area (Å²) >= 11 is 3.32. The van der Waals surface area contributed by atoms with E-state index in [1.807, 2.05) is 30.3 Å². The summed E-state index contributed by atoms with van der Waals surface area (Å²) in [6.07, 6.45) is 1.66. The molecule has 4 heteroatoms. The molecule has 1 fully saturated rings. The third kappa shape index (κ3) is 2.36. The fraction of sp³-hybridized carbons (Fsp3) is 0.188. The number of carbonyl (C=O) groups is 1. The summed E-state index contributed by atoms with van der Waals surface area (Å²) in [6, 6.07) is 14.0. The van der Waals surface area contributed by atoms with E-state index in [1.54, 1.807) is 6.07 Å². The molecule has 1 aliphatic carbocycles. The smallest absolute Gasteiger partial charge is 0.235 e. The number of hydrogen-bond donors (Lipinski definition) is 1. The molecule has 2 nitrogen and oxygen atoms in total. The summed E-state index contributed by atoms with van der Waals surface area (Å²) < 4.78 is 13.9.